The maximum atomic E-state index is 12.8. The Hall–Kier alpha value is -2.48. The lowest BCUT2D eigenvalue weighted by Crippen LogP contribution is -2.32. The first kappa shape index (κ1) is 17.0. The highest BCUT2D eigenvalue weighted by atomic mass is 32.1. The number of hydrogen-bond acceptors (Lipinski definition) is 7. The zero-order chi connectivity index (χ0) is 18.3. The molecule has 0 bridgehead atoms. The molecule has 0 aliphatic carbocycles. The minimum Gasteiger partial charge on any atom is -0.418 e. The van der Waals surface area contributed by atoms with E-state index in [1.54, 1.807) is 11.3 Å². The lowest BCUT2D eigenvalue weighted by atomic mass is 10.1. The molecule has 0 unspecified atom stereocenters. The van der Waals surface area contributed by atoms with E-state index >= 15 is 0 Å². The van der Waals surface area contributed by atoms with Crippen LogP contribution in [0.4, 0.5) is 0 Å². The van der Waals surface area contributed by atoms with E-state index in [4.69, 9.17) is 8.94 Å². The highest BCUT2D eigenvalue weighted by Crippen LogP contribution is 2.34. The minimum absolute atomic E-state index is 0.0358. The maximum absolute atomic E-state index is 12.8. The molecule has 26 heavy (non-hydrogen) atoms. The Balaban J connectivity index is 1.53. The van der Waals surface area contributed by atoms with Crippen LogP contribution in [0, 0.1) is 20.8 Å². The van der Waals surface area contributed by atoms with Gasteiger partial charge in [-0.2, -0.15) is 0 Å². The summed E-state index contributed by atoms with van der Waals surface area (Å²) in [7, 11) is 0. The lowest BCUT2D eigenvalue weighted by molar-refractivity contribution is -0.131. The summed E-state index contributed by atoms with van der Waals surface area (Å²) in [4.78, 5) is 16.8. The first-order valence-corrected chi connectivity index (χ1v) is 9.46. The smallest absolute Gasteiger partial charge is 0.257 e. The van der Waals surface area contributed by atoms with Gasteiger partial charge >= 0.3 is 0 Å². The van der Waals surface area contributed by atoms with Crippen molar-refractivity contribution in [1.82, 2.24) is 20.3 Å². The van der Waals surface area contributed by atoms with E-state index in [0.29, 0.717) is 24.1 Å². The van der Waals surface area contributed by atoms with Crippen LogP contribution in [-0.4, -0.2) is 32.7 Å². The number of aryl methyl sites for hydroxylation is 3. The fourth-order valence-corrected chi connectivity index (χ4v) is 4.14. The summed E-state index contributed by atoms with van der Waals surface area (Å²) >= 11 is 1.62. The summed E-state index contributed by atoms with van der Waals surface area (Å²) in [5, 5.41) is 12.3. The quantitative estimate of drug-likeness (QED) is 0.695. The Morgan fingerprint density at radius 2 is 2.15 bits per heavy atom. The summed E-state index contributed by atoms with van der Waals surface area (Å²) in [6.45, 7) is 6.42. The molecule has 1 aliphatic heterocycles. The summed E-state index contributed by atoms with van der Waals surface area (Å²) in [5.74, 6) is 1.76. The van der Waals surface area contributed by atoms with Gasteiger partial charge in [-0.25, -0.2) is 0 Å². The molecule has 1 saturated heterocycles. The molecule has 1 atom stereocenters. The molecular formula is C18H20N4O3S. The molecule has 0 N–H and O–H groups in total. The van der Waals surface area contributed by atoms with Gasteiger partial charge in [0.25, 0.3) is 5.89 Å². The highest BCUT2D eigenvalue weighted by molar-refractivity contribution is 7.15. The van der Waals surface area contributed by atoms with Crippen LogP contribution in [0.15, 0.2) is 21.1 Å². The van der Waals surface area contributed by atoms with Crippen LogP contribution >= 0.6 is 11.3 Å². The monoisotopic (exact) mass is 372 g/mol. The van der Waals surface area contributed by atoms with Crippen LogP contribution < -0.4 is 0 Å². The molecule has 136 valence electrons. The standard InChI is InChI=1S/C18H20N4O3S/c1-10-6-7-15(26-10)18-20-19-17(24-18)14-5-4-8-22(14)16(23)9-13-11(2)21-25-12(13)3/h6-7,14H,4-5,8-9H2,1-3H3/t14-/m1/s1. The molecule has 0 saturated carbocycles. The zero-order valence-electron chi connectivity index (χ0n) is 15.0. The number of carbonyl (C=O) groups excluding carboxylic acids is 1. The van der Waals surface area contributed by atoms with Gasteiger partial charge in [0.05, 0.1) is 17.0 Å². The van der Waals surface area contributed by atoms with Crippen molar-refractivity contribution < 1.29 is 13.7 Å². The van der Waals surface area contributed by atoms with Crippen molar-refractivity contribution in [2.45, 2.75) is 46.1 Å². The number of likely N-dealkylation sites (tertiary alicyclic amines) is 1. The lowest BCUT2D eigenvalue weighted by Gasteiger charge is -2.22. The molecule has 1 aliphatic rings. The molecule has 0 aromatic carbocycles. The van der Waals surface area contributed by atoms with E-state index in [1.807, 2.05) is 37.8 Å². The van der Waals surface area contributed by atoms with Gasteiger partial charge in [0.15, 0.2) is 0 Å². The number of nitrogens with zero attached hydrogens (tertiary/aromatic N) is 4. The van der Waals surface area contributed by atoms with Crippen molar-refractivity contribution >= 4 is 17.2 Å². The summed E-state index contributed by atoms with van der Waals surface area (Å²) in [6.07, 6.45) is 2.04. The topological polar surface area (TPSA) is 85.3 Å². The van der Waals surface area contributed by atoms with E-state index in [1.165, 1.54) is 4.88 Å². The number of rotatable bonds is 4. The zero-order valence-corrected chi connectivity index (χ0v) is 15.8. The first-order chi connectivity index (χ1) is 12.5. The second-order valence-corrected chi connectivity index (χ2v) is 7.87. The Bertz CT molecular complexity index is 923. The number of aromatic nitrogens is 3. The SMILES string of the molecule is Cc1ccc(-c2nnc([C@H]3CCCN3C(=O)Cc3c(C)noc3C)o2)s1. The van der Waals surface area contributed by atoms with Gasteiger partial charge in [-0.05, 0) is 45.7 Å². The number of hydrogen-bond donors (Lipinski definition) is 0. The molecule has 3 aromatic rings. The molecule has 4 heterocycles. The molecule has 1 amide bonds. The average Bonchev–Trinajstić information content (AvgIpc) is 3.37. The van der Waals surface area contributed by atoms with Gasteiger partial charge in [-0.1, -0.05) is 5.16 Å². The van der Waals surface area contributed by atoms with Crippen LogP contribution in [0.25, 0.3) is 10.8 Å². The van der Waals surface area contributed by atoms with Gasteiger partial charge in [-0.15, -0.1) is 21.5 Å². The van der Waals surface area contributed by atoms with Gasteiger partial charge in [0.1, 0.15) is 11.8 Å². The second-order valence-electron chi connectivity index (χ2n) is 6.58. The van der Waals surface area contributed by atoms with Crippen molar-refractivity contribution in [2.24, 2.45) is 0 Å². The molecule has 4 rings (SSSR count). The number of thiophene rings is 1. The third kappa shape index (κ3) is 3.05. The average molecular weight is 372 g/mol. The molecule has 0 spiro atoms. The predicted octanol–water partition coefficient (Wildman–Crippen LogP) is 3.62. The Morgan fingerprint density at radius 3 is 2.85 bits per heavy atom. The Morgan fingerprint density at radius 1 is 1.31 bits per heavy atom. The van der Waals surface area contributed by atoms with Crippen LogP contribution in [0.2, 0.25) is 0 Å². The fourth-order valence-electron chi connectivity index (χ4n) is 3.35. The van der Waals surface area contributed by atoms with Crippen molar-refractivity contribution in [2.75, 3.05) is 6.54 Å². The number of amides is 1. The highest BCUT2D eigenvalue weighted by Gasteiger charge is 2.34. The maximum Gasteiger partial charge on any atom is 0.257 e. The Labute approximate surface area is 155 Å². The van der Waals surface area contributed by atoms with Crippen molar-refractivity contribution in [1.29, 1.82) is 0 Å². The van der Waals surface area contributed by atoms with Crippen molar-refractivity contribution in [3.8, 4) is 10.8 Å². The molecule has 7 nitrogen and oxygen atoms in total. The van der Waals surface area contributed by atoms with Crippen molar-refractivity contribution in [3.63, 3.8) is 0 Å². The molecule has 1 fully saturated rings. The molecule has 3 aromatic heterocycles. The Kier molecular flexibility index (Phi) is 4.36. The van der Waals surface area contributed by atoms with Crippen LogP contribution in [0.1, 0.15) is 46.7 Å². The van der Waals surface area contributed by atoms with E-state index in [2.05, 4.69) is 15.4 Å². The van der Waals surface area contributed by atoms with Crippen LogP contribution in [0.5, 0.6) is 0 Å². The van der Waals surface area contributed by atoms with Gasteiger partial charge < -0.3 is 13.8 Å². The summed E-state index contributed by atoms with van der Waals surface area (Å²) in [5.41, 5.74) is 1.63. The van der Waals surface area contributed by atoms with Gasteiger partial charge in [0, 0.05) is 17.0 Å². The minimum atomic E-state index is -0.162. The van der Waals surface area contributed by atoms with Gasteiger partial charge in [-0.3, -0.25) is 4.79 Å². The summed E-state index contributed by atoms with van der Waals surface area (Å²) < 4.78 is 11.1. The third-order valence-corrected chi connectivity index (χ3v) is 5.75. The molecular weight excluding hydrogens is 352 g/mol. The van der Waals surface area contributed by atoms with E-state index in [9.17, 15) is 4.79 Å². The van der Waals surface area contributed by atoms with E-state index in [-0.39, 0.29) is 18.4 Å². The van der Waals surface area contributed by atoms with E-state index < -0.39 is 0 Å². The van der Waals surface area contributed by atoms with Crippen molar-refractivity contribution in [3.05, 3.63) is 39.9 Å². The molecule has 8 heteroatoms. The predicted molar refractivity (Wildman–Crippen MR) is 95.7 cm³/mol. The number of carbonyl (C=O) groups is 1. The van der Waals surface area contributed by atoms with E-state index in [0.717, 1.165) is 29.0 Å². The molecule has 0 radical (unpaired) electrons. The van der Waals surface area contributed by atoms with Crippen LogP contribution in [0.3, 0.4) is 0 Å². The largest absolute Gasteiger partial charge is 0.418 e. The summed E-state index contributed by atoms with van der Waals surface area (Å²) in [6, 6.07) is 3.84. The second kappa shape index (κ2) is 6.68. The first-order valence-electron chi connectivity index (χ1n) is 8.64. The third-order valence-electron chi connectivity index (χ3n) is 4.76. The fraction of sp³-hybridized carbons (Fsp3) is 0.444. The van der Waals surface area contributed by atoms with Crippen LogP contribution in [-0.2, 0) is 11.2 Å². The van der Waals surface area contributed by atoms with Gasteiger partial charge in [0.2, 0.25) is 11.8 Å². The normalized spacial score (nSPS) is 17.2.